The molecule has 130 valence electrons. The van der Waals surface area contributed by atoms with E-state index in [0.29, 0.717) is 0 Å². The van der Waals surface area contributed by atoms with Crippen LogP contribution in [0.15, 0.2) is 60.7 Å². The van der Waals surface area contributed by atoms with Crippen LogP contribution in [0.5, 0.6) is 0 Å². The van der Waals surface area contributed by atoms with Crippen LogP contribution in [-0.4, -0.2) is 0 Å². The molecule has 0 nitrogen and oxygen atoms in total. The van der Waals surface area contributed by atoms with Crippen LogP contribution in [0.3, 0.4) is 0 Å². The van der Waals surface area contributed by atoms with Gasteiger partial charge in [-0.2, -0.15) is 12.0 Å². The number of hydrogen-bond donors (Lipinski definition) is 0. The van der Waals surface area contributed by atoms with Gasteiger partial charge in [-0.25, -0.2) is 0 Å². The van der Waals surface area contributed by atoms with Gasteiger partial charge in [-0.15, -0.1) is 35.9 Å². The molecule has 0 atom stereocenters. The fourth-order valence-corrected chi connectivity index (χ4v) is 2.26. The van der Waals surface area contributed by atoms with Crippen molar-refractivity contribution in [1.29, 1.82) is 0 Å². The van der Waals surface area contributed by atoms with Gasteiger partial charge in [-0.05, 0) is 64.2 Å². The van der Waals surface area contributed by atoms with E-state index >= 15 is 0 Å². The van der Waals surface area contributed by atoms with E-state index in [4.69, 9.17) is 0 Å². The van der Waals surface area contributed by atoms with Gasteiger partial charge in [0.25, 0.3) is 0 Å². The first kappa shape index (κ1) is 24.1. The van der Waals surface area contributed by atoms with Crippen LogP contribution < -0.4 is 0 Å². The van der Waals surface area contributed by atoms with E-state index in [0.717, 1.165) is 17.6 Å². The second kappa shape index (κ2) is 16.0. The summed E-state index contributed by atoms with van der Waals surface area (Å²) in [7, 11) is 0. The maximum Gasteiger partial charge on any atom is 4.00 e. The minimum absolute atomic E-state index is 0. The summed E-state index contributed by atoms with van der Waals surface area (Å²) in [6.07, 6.45) is 24.1. The average Bonchev–Trinajstić information content (AvgIpc) is 3.46. The molecule has 2 aromatic rings. The Bertz CT molecular complexity index is 567. The maximum atomic E-state index is 3.96. The molecule has 0 saturated heterocycles. The maximum absolute atomic E-state index is 3.96. The molecule has 0 N–H and O–H groups in total. The minimum Gasteiger partial charge on any atom is -0.341 e. The fourth-order valence-electron chi connectivity index (χ4n) is 2.26. The van der Waals surface area contributed by atoms with Crippen LogP contribution in [0.4, 0.5) is 0 Å². The molecule has 2 saturated carbocycles. The first-order chi connectivity index (χ1) is 12.9. The van der Waals surface area contributed by atoms with E-state index < -0.39 is 0 Å². The third-order valence-corrected chi connectivity index (χ3v) is 3.55. The molecule has 2 aliphatic carbocycles. The van der Waals surface area contributed by atoms with E-state index in [2.05, 4.69) is 37.3 Å². The largest absolute Gasteiger partial charge is 4.00 e. The molecule has 0 bridgehead atoms. The predicted octanol–water partition coefficient (Wildman–Crippen LogP) is 6.19. The Hall–Kier alpha value is -0.950. The standard InChI is InChI=1S/C16H14.2C5H5.Hf/c1-2-15(16-11-7-4-8-12-16)13-14-9-5-3-6-10-14;2*1-2-4-5-3-1;/h3-12H,1-2H2;2*1-5H;/q-2;;;+4. The Morgan fingerprint density at radius 2 is 0.963 bits per heavy atom. The minimum atomic E-state index is 0. The molecule has 2 fully saturated rings. The number of allylic oxidation sites excluding steroid dienone is 1. The average molecular weight is 515 g/mol. The van der Waals surface area contributed by atoms with Gasteiger partial charge in [0, 0.05) is 0 Å². The summed E-state index contributed by atoms with van der Waals surface area (Å²) in [5.74, 6) is 0. The summed E-state index contributed by atoms with van der Waals surface area (Å²) in [6.45, 7) is 3.96. The third-order valence-electron chi connectivity index (χ3n) is 3.55. The van der Waals surface area contributed by atoms with Crippen molar-refractivity contribution < 1.29 is 25.8 Å². The van der Waals surface area contributed by atoms with Crippen molar-refractivity contribution in [2.75, 3.05) is 0 Å². The smallest absolute Gasteiger partial charge is 0.341 e. The van der Waals surface area contributed by atoms with E-state index in [-0.39, 0.29) is 25.8 Å². The van der Waals surface area contributed by atoms with Crippen molar-refractivity contribution in [3.63, 3.8) is 0 Å². The predicted molar refractivity (Wildman–Crippen MR) is 112 cm³/mol. The Balaban J connectivity index is 0.000000270. The van der Waals surface area contributed by atoms with Crippen LogP contribution in [-0.2, 0) is 25.8 Å². The van der Waals surface area contributed by atoms with Gasteiger partial charge < -0.3 is 6.92 Å². The molecule has 0 aromatic heterocycles. The van der Waals surface area contributed by atoms with E-state index in [1.165, 1.54) is 5.56 Å². The second-order valence-corrected chi connectivity index (χ2v) is 5.51. The Labute approximate surface area is 186 Å². The Morgan fingerprint density at radius 3 is 1.33 bits per heavy atom. The summed E-state index contributed by atoms with van der Waals surface area (Å²) in [5, 5.41) is 0. The first-order valence-corrected chi connectivity index (χ1v) is 8.76. The number of rotatable bonds is 3. The van der Waals surface area contributed by atoms with Crippen molar-refractivity contribution >= 4 is 5.57 Å². The van der Waals surface area contributed by atoms with Gasteiger partial charge in [-0.3, -0.25) is 0 Å². The van der Waals surface area contributed by atoms with Crippen LogP contribution >= 0.6 is 0 Å². The quantitative estimate of drug-likeness (QED) is 0.260. The van der Waals surface area contributed by atoms with Crippen molar-refractivity contribution in [2.24, 2.45) is 0 Å². The fraction of sp³-hybridized carbons (Fsp3) is 0.0385. The van der Waals surface area contributed by atoms with Crippen LogP contribution in [0.2, 0.25) is 0 Å². The molecule has 27 heavy (non-hydrogen) atoms. The van der Waals surface area contributed by atoms with E-state index in [9.17, 15) is 0 Å². The SMILES string of the molecule is [CH2-]CC(=[C-]c1ccccc1)c1ccccc1.[CH]1[CH][CH][CH][CH]1.[CH]1[CH][CH][CH][CH]1.[Hf+4]. The van der Waals surface area contributed by atoms with Crippen LogP contribution in [0, 0.1) is 77.2 Å². The van der Waals surface area contributed by atoms with Crippen LogP contribution in [0.25, 0.3) is 5.57 Å². The monoisotopic (exact) mass is 516 g/mol. The molecule has 0 heterocycles. The van der Waals surface area contributed by atoms with Crippen molar-refractivity contribution in [3.8, 4) is 0 Å². The molecule has 4 rings (SSSR count). The molecular weight excluding hydrogens is 491 g/mol. The second-order valence-electron chi connectivity index (χ2n) is 5.51. The first-order valence-electron chi connectivity index (χ1n) is 8.76. The van der Waals surface area contributed by atoms with Gasteiger partial charge in [0.1, 0.15) is 0 Å². The van der Waals surface area contributed by atoms with Gasteiger partial charge in [0.15, 0.2) is 0 Å². The van der Waals surface area contributed by atoms with Crippen molar-refractivity contribution in [2.45, 2.75) is 6.42 Å². The van der Waals surface area contributed by atoms with Gasteiger partial charge in [0.05, 0.1) is 0 Å². The van der Waals surface area contributed by atoms with Crippen molar-refractivity contribution in [1.82, 2.24) is 0 Å². The molecule has 2 aromatic carbocycles. The zero-order chi connectivity index (χ0) is 18.3. The number of benzene rings is 2. The zero-order valence-corrected chi connectivity index (χ0v) is 19.1. The van der Waals surface area contributed by atoms with E-state index in [1.807, 2.05) is 101 Å². The topological polar surface area (TPSA) is 0 Å². The van der Waals surface area contributed by atoms with E-state index in [1.54, 1.807) is 0 Å². The molecule has 1 heteroatoms. The normalized spacial score (nSPS) is 15.7. The molecule has 0 amide bonds. The summed E-state index contributed by atoms with van der Waals surface area (Å²) in [4.78, 5) is 0. The van der Waals surface area contributed by atoms with Gasteiger partial charge in [0.2, 0.25) is 0 Å². The molecule has 0 unspecified atom stereocenters. The van der Waals surface area contributed by atoms with Crippen LogP contribution in [0.1, 0.15) is 17.5 Å². The van der Waals surface area contributed by atoms with Gasteiger partial charge >= 0.3 is 25.8 Å². The molecule has 0 spiro atoms. The summed E-state index contributed by atoms with van der Waals surface area (Å²) >= 11 is 0. The Kier molecular flexibility index (Phi) is 14.3. The molecule has 10 radical (unpaired) electrons. The summed E-state index contributed by atoms with van der Waals surface area (Å²) < 4.78 is 0. The third kappa shape index (κ3) is 10.8. The summed E-state index contributed by atoms with van der Waals surface area (Å²) in [5.41, 5.74) is 3.44. The molecule has 0 aliphatic heterocycles. The number of hydrogen-bond acceptors (Lipinski definition) is 0. The molecule has 2 aliphatic rings. The Morgan fingerprint density at radius 1 is 0.593 bits per heavy atom. The molecular formula is C26H24Hf+2. The summed E-state index contributed by atoms with van der Waals surface area (Å²) in [6, 6.07) is 20.5. The van der Waals surface area contributed by atoms with Crippen molar-refractivity contribution in [3.05, 3.63) is 149 Å². The zero-order valence-electron chi connectivity index (χ0n) is 15.5. The van der Waals surface area contributed by atoms with Gasteiger partial charge in [-0.1, -0.05) is 42.0 Å².